The summed E-state index contributed by atoms with van der Waals surface area (Å²) in [6.45, 7) is 1.48. The van der Waals surface area contributed by atoms with Crippen molar-refractivity contribution < 1.29 is 23.2 Å². The SMILES string of the molecule is C[C@H](NC(=O)Cc1cc(F)cc(F)c1)C(=O)N[C@@H]1C(=O)N[C@H](c2ccccc2)C=C[C@@H]1c1ccccc1. The van der Waals surface area contributed by atoms with E-state index in [1.54, 1.807) is 0 Å². The minimum atomic E-state index is -0.993. The Morgan fingerprint density at radius 3 is 2.11 bits per heavy atom. The van der Waals surface area contributed by atoms with Gasteiger partial charge in [-0.05, 0) is 35.7 Å². The highest BCUT2D eigenvalue weighted by molar-refractivity contribution is 5.93. The molecule has 190 valence electrons. The fourth-order valence-corrected chi connectivity index (χ4v) is 4.32. The molecule has 3 N–H and O–H groups in total. The topological polar surface area (TPSA) is 87.3 Å². The van der Waals surface area contributed by atoms with Crippen LogP contribution in [-0.2, 0) is 20.8 Å². The molecule has 4 atom stereocenters. The molecule has 0 bridgehead atoms. The van der Waals surface area contributed by atoms with Crippen molar-refractivity contribution in [3.8, 4) is 0 Å². The summed E-state index contributed by atoms with van der Waals surface area (Å²) < 4.78 is 26.9. The van der Waals surface area contributed by atoms with Gasteiger partial charge in [0.25, 0.3) is 0 Å². The lowest BCUT2D eigenvalue weighted by molar-refractivity contribution is -0.131. The number of carbonyl (C=O) groups is 3. The predicted molar refractivity (Wildman–Crippen MR) is 135 cm³/mol. The monoisotopic (exact) mass is 503 g/mol. The van der Waals surface area contributed by atoms with Crippen molar-refractivity contribution in [1.29, 1.82) is 0 Å². The number of amides is 3. The van der Waals surface area contributed by atoms with Gasteiger partial charge in [-0.15, -0.1) is 0 Å². The normalized spacial score (nSPS) is 19.9. The second-order valence-electron chi connectivity index (χ2n) is 8.95. The van der Waals surface area contributed by atoms with Crippen LogP contribution in [0.25, 0.3) is 0 Å². The molecule has 6 nitrogen and oxygen atoms in total. The molecule has 1 heterocycles. The molecule has 3 amide bonds. The molecule has 37 heavy (non-hydrogen) atoms. The fraction of sp³-hybridized carbons (Fsp3) is 0.207. The van der Waals surface area contributed by atoms with Crippen molar-refractivity contribution in [2.24, 2.45) is 0 Å². The van der Waals surface area contributed by atoms with Gasteiger partial charge in [0.15, 0.2) is 0 Å². The first kappa shape index (κ1) is 25.8. The average Bonchev–Trinajstić information content (AvgIpc) is 3.03. The van der Waals surface area contributed by atoms with Crippen LogP contribution in [0.1, 0.15) is 35.6 Å². The first-order valence-corrected chi connectivity index (χ1v) is 11.9. The van der Waals surface area contributed by atoms with E-state index in [1.165, 1.54) is 6.92 Å². The maximum Gasteiger partial charge on any atom is 0.244 e. The number of halogens is 2. The summed E-state index contributed by atoms with van der Waals surface area (Å²) in [6.07, 6.45) is 3.50. The van der Waals surface area contributed by atoms with Crippen LogP contribution in [0.5, 0.6) is 0 Å². The van der Waals surface area contributed by atoms with E-state index in [4.69, 9.17) is 0 Å². The van der Waals surface area contributed by atoms with Crippen LogP contribution in [0.3, 0.4) is 0 Å². The van der Waals surface area contributed by atoms with Crippen LogP contribution in [0.4, 0.5) is 8.78 Å². The Morgan fingerprint density at radius 1 is 0.892 bits per heavy atom. The standard InChI is InChI=1S/C29H27F2N3O3/c1-18(32-26(35)16-19-14-22(30)17-23(31)15-19)28(36)34-27-24(20-8-4-2-5-9-20)12-13-25(33-29(27)37)21-10-6-3-7-11-21/h2-15,17-18,24-25,27H,16H2,1H3,(H,32,35)(H,33,37)(H,34,36)/t18-,24+,25-,27-/m0/s1. The van der Waals surface area contributed by atoms with E-state index >= 15 is 0 Å². The predicted octanol–water partition coefficient (Wildman–Crippen LogP) is 3.71. The molecule has 1 aliphatic heterocycles. The number of benzene rings is 3. The van der Waals surface area contributed by atoms with E-state index in [-0.39, 0.29) is 23.9 Å². The third-order valence-electron chi connectivity index (χ3n) is 6.15. The number of nitrogens with one attached hydrogen (secondary N) is 3. The average molecular weight is 504 g/mol. The summed E-state index contributed by atoms with van der Waals surface area (Å²) in [7, 11) is 0. The van der Waals surface area contributed by atoms with Crippen LogP contribution in [0, 0.1) is 11.6 Å². The van der Waals surface area contributed by atoms with Crippen molar-refractivity contribution in [2.75, 3.05) is 0 Å². The fourth-order valence-electron chi connectivity index (χ4n) is 4.32. The minimum Gasteiger partial charge on any atom is -0.344 e. The Labute approximate surface area is 213 Å². The number of carbonyl (C=O) groups excluding carboxylic acids is 3. The maximum atomic E-state index is 13.4. The largest absolute Gasteiger partial charge is 0.344 e. The van der Waals surface area contributed by atoms with Crippen LogP contribution >= 0.6 is 0 Å². The van der Waals surface area contributed by atoms with E-state index in [9.17, 15) is 23.2 Å². The summed E-state index contributed by atoms with van der Waals surface area (Å²) in [4.78, 5) is 38.8. The number of hydrogen-bond acceptors (Lipinski definition) is 3. The Hall–Kier alpha value is -4.33. The molecule has 3 aromatic rings. The molecule has 0 spiro atoms. The minimum absolute atomic E-state index is 0.145. The summed E-state index contributed by atoms with van der Waals surface area (Å²) >= 11 is 0. The summed E-state index contributed by atoms with van der Waals surface area (Å²) in [5.74, 6) is -3.54. The lowest BCUT2D eigenvalue weighted by Crippen LogP contribution is -2.54. The smallest absolute Gasteiger partial charge is 0.244 e. The molecule has 8 heteroatoms. The van der Waals surface area contributed by atoms with E-state index in [1.807, 2.05) is 72.8 Å². The highest BCUT2D eigenvalue weighted by atomic mass is 19.1. The van der Waals surface area contributed by atoms with Gasteiger partial charge in [0, 0.05) is 12.0 Å². The summed E-state index contributed by atoms with van der Waals surface area (Å²) in [6, 6.07) is 19.4. The quantitative estimate of drug-likeness (QED) is 0.430. The summed E-state index contributed by atoms with van der Waals surface area (Å²) in [5, 5.41) is 8.28. The zero-order valence-electron chi connectivity index (χ0n) is 20.2. The van der Waals surface area contributed by atoms with Gasteiger partial charge in [-0.2, -0.15) is 0 Å². The van der Waals surface area contributed by atoms with Gasteiger partial charge in [0.1, 0.15) is 23.7 Å². The molecule has 0 radical (unpaired) electrons. The first-order valence-electron chi connectivity index (χ1n) is 11.9. The Morgan fingerprint density at radius 2 is 1.49 bits per heavy atom. The van der Waals surface area contributed by atoms with Gasteiger partial charge in [0.2, 0.25) is 17.7 Å². The zero-order valence-corrected chi connectivity index (χ0v) is 20.2. The van der Waals surface area contributed by atoms with E-state index in [0.29, 0.717) is 0 Å². The lowest BCUT2D eigenvalue weighted by atomic mass is 9.90. The van der Waals surface area contributed by atoms with Gasteiger partial charge in [-0.25, -0.2) is 8.78 Å². The van der Waals surface area contributed by atoms with Crippen LogP contribution in [-0.4, -0.2) is 29.8 Å². The van der Waals surface area contributed by atoms with E-state index in [0.717, 1.165) is 29.3 Å². The third kappa shape index (κ3) is 6.67. The van der Waals surface area contributed by atoms with Crippen LogP contribution < -0.4 is 16.0 Å². The number of hydrogen-bond donors (Lipinski definition) is 3. The zero-order chi connectivity index (χ0) is 26.4. The molecule has 1 aliphatic rings. The molecule has 0 fully saturated rings. The van der Waals surface area contributed by atoms with Gasteiger partial charge >= 0.3 is 0 Å². The Bertz CT molecular complexity index is 1280. The van der Waals surface area contributed by atoms with Gasteiger partial charge in [-0.3, -0.25) is 14.4 Å². The Kier molecular flexibility index (Phi) is 8.08. The van der Waals surface area contributed by atoms with Crippen molar-refractivity contribution in [1.82, 2.24) is 16.0 Å². The van der Waals surface area contributed by atoms with Crippen LogP contribution in [0.15, 0.2) is 91.0 Å². The molecular formula is C29H27F2N3O3. The molecular weight excluding hydrogens is 476 g/mol. The highest BCUT2D eigenvalue weighted by Crippen LogP contribution is 2.27. The third-order valence-corrected chi connectivity index (χ3v) is 6.15. The van der Waals surface area contributed by atoms with Crippen molar-refractivity contribution in [2.45, 2.75) is 37.4 Å². The van der Waals surface area contributed by atoms with E-state index in [2.05, 4.69) is 16.0 Å². The molecule has 0 saturated carbocycles. The molecule has 0 saturated heterocycles. The molecule has 3 aromatic carbocycles. The van der Waals surface area contributed by atoms with Gasteiger partial charge in [0.05, 0.1) is 12.5 Å². The molecule has 0 unspecified atom stereocenters. The van der Waals surface area contributed by atoms with Crippen molar-refractivity contribution in [3.05, 3.63) is 119 Å². The highest BCUT2D eigenvalue weighted by Gasteiger charge is 2.34. The Balaban J connectivity index is 1.48. The van der Waals surface area contributed by atoms with Crippen LogP contribution in [0.2, 0.25) is 0 Å². The first-order chi connectivity index (χ1) is 17.8. The van der Waals surface area contributed by atoms with Gasteiger partial charge in [-0.1, -0.05) is 72.8 Å². The van der Waals surface area contributed by atoms with Gasteiger partial charge < -0.3 is 16.0 Å². The van der Waals surface area contributed by atoms with Crippen molar-refractivity contribution in [3.63, 3.8) is 0 Å². The second kappa shape index (κ2) is 11.6. The molecule has 0 aliphatic carbocycles. The number of rotatable bonds is 7. The maximum absolute atomic E-state index is 13.4. The molecule has 4 rings (SSSR count). The second-order valence-corrected chi connectivity index (χ2v) is 8.95. The lowest BCUT2D eigenvalue weighted by Gasteiger charge is -2.26. The van der Waals surface area contributed by atoms with Crippen molar-refractivity contribution >= 4 is 17.7 Å². The van der Waals surface area contributed by atoms with E-state index < -0.39 is 41.5 Å². The molecule has 0 aromatic heterocycles. The summed E-state index contributed by atoms with van der Waals surface area (Å²) in [5.41, 5.74) is 1.89.